The van der Waals surface area contributed by atoms with Crippen LogP contribution in [-0.2, 0) is 13.0 Å². The molecule has 2 N–H and O–H groups in total. The van der Waals surface area contributed by atoms with Gasteiger partial charge < -0.3 is 9.67 Å². The number of halogens is 1. The quantitative estimate of drug-likeness (QED) is 0.408. The fraction of sp³-hybridized carbons (Fsp3) is 0.176. The number of aliphatic hydroxyl groups is 1. The highest BCUT2D eigenvalue weighted by Crippen LogP contribution is 2.17. The molecule has 0 aliphatic heterocycles. The second-order valence-corrected chi connectivity index (χ2v) is 5.44. The molecule has 0 saturated carbocycles. The van der Waals surface area contributed by atoms with Gasteiger partial charge in [-0.05, 0) is 23.3 Å². The minimum absolute atomic E-state index is 0.0582. The Morgan fingerprint density at radius 1 is 1.32 bits per heavy atom. The fourth-order valence-electron chi connectivity index (χ4n) is 2.51. The monoisotopic (exact) mass is 341 g/mol. The molecule has 0 aliphatic rings. The number of aryl methyl sites for hydroxylation is 1. The predicted octanol–water partition coefficient (Wildman–Crippen LogP) is 2.53. The average Bonchev–Trinajstić information content (AvgIpc) is 3.26. The second kappa shape index (κ2) is 7.08. The smallest absolute Gasteiger partial charge is 0.239 e. The van der Waals surface area contributed by atoms with E-state index < -0.39 is 0 Å². The molecule has 0 atom stereocenters. The molecule has 0 fully saturated rings. The third kappa shape index (κ3) is 3.63. The van der Waals surface area contributed by atoms with Crippen LogP contribution in [0.2, 0.25) is 0 Å². The van der Waals surface area contributed by atoms with E-state index in [0.29, 0.717) is 24.1 Å². The Morgan fingerprint density at radius 3 is 2.80 bits per heavy atom. The lowest BCUT2D eigenvalue weighted by Gasteiger charge is -2.04. The summed E-state index contributed by atoms with van der Waals surface area (Å²) in [7, 11) is 0. The second-order valence-electron chi connectivity index (χ2n) is 5.44. The van der Waals surface area contributed by atoms with Gasteiger partial charge in [0.1, 0.15) is 5.82 Å². The summed E-state index contributed by atoms with van der Waals surface area (Å²) in [5.74, 6) is -1.11. The number of aromatic nitrogens is 5. The van der Waals surface area contributed by atoms with Gasteiger partial charge in [0.2, 0.25) is 5.82 Å². The first-order valence-electron chi connectivity index (χ1n) is 7.69. The van der Waals surface area contributed by atoms with Crippen molar-refractivity contribution in [1.82, 2.24) is 25.2 Å². The molecule has 2 heterocycles. The Balaban J connectivity index is 1.87. The topological polar surface area (TPSA) is 96.7 Å². The van der Waals surface area contributed by atoms with Crippen molar-refractivity contribution < 1.29 is 14.3 Å². The molecule has 0 aliphatic carbocycles. The van der Waals surface area contributed by atoms with Crippen LogP contribution in [0.1, 0.15) is 34.2 Å². The van der Waals surface area contributed by atoms with Gasteiger partial charge in [-0.1, -0.05) is 25.1 Å². The zero-order chi connectivity index (χ0) is 17.8. The number of allylic oxidation sites excluding steroid dienone is 1. The van der Waals surface area contributed by atoms with Crippen LogP contribution in [0.3, 0.4) is 0 Å². The first-order chi connectivity index (χ1) is 12.1. The maximum Gasteiger partial charge on any atom is 0.239 e. The number of benzene rings is 1. The standard InChI is InChI=1S/C17H16FN5O2/c1-2-11-8-23(9-12-5-3-4-6-14(12)18)10-13(11)15(24)7-16(25)17-19-21-22-20-17/h3-8,10,25H,2,9H2,1H3,(H,19,20,21,22). The first-order valence-corrected chi connectivity index (χ1v) is 7.69. The maximum absolute atomic E-state index is 13.8. The van der Waals surface area contributed by atoms with Crippen LogP contribution in [0.5, 0.6) is 0 Å². The highest BCUT2D eigenvalue weighted by Gasteiger charge is 2.15. The van der Waals surface area contributed by atoms with Gasteiger partial charge in [0, 0.05) is 36.1 Å². The predicted molar refractivity (Wildman–Crippen MR) is 88.4 cm³/mol. The van der Waals surface area contributed by atoms with Gasteiger partial charge >= 0.3 is 0 Å². The van der Waals surface area contributed by atoms with Crippen molar-refractivity contribution >= 4 is 11.5 Å². The summed E-state index contributed by atoms with van der Waals surface area (Å²) in [5, 5.41) is 22.6. The number of nitrogens with zero attached hydrogens (tertiary/aromatic N) is 4. The normalized spacial score (nSPS) is 11.7. The minimum atomic E-state index is -0.383. The Morgan fingerprint density at radius 2 is 2.12 bits per heavy atom. The number of aliphatic hydroxyl groups excluding tert-OH is 1. The van der Waals surface area contributed by atoms with Crippen molar-refractivity contribution in [3.63, 3.8) is 0 Å². The first kappa shape index (κ1) is 16.6. The van der Waals surface area contributed by atoms with Gasteiger partial charge in [-0.15, -0.1) is 10.2 Å². The Labute approximate surface area is 142 Å². The number of rotatable bonds is 6. The van der Waals surface area contributed by atoms with E-state index in [1.807, 2.05) is 6.92 Å². The number of tetrazole rings is 1. The number of hydrogen-bond donors (Lipinski definition) is 2. The van der Waals surface area contributed by atoms with E-state index in [9.17, 15) is 14.3 Å². The molecule has 0 bridgehead atoms. The maximum atomic E-state index is 13.8. The van der Waals surface area contributed by atoms with E-state index >= 15 is 0 Å². The fourth-order valence-corrected chi connectivity index (χ4v) is 2.51. The van der Waals surface area contributed by atoms with Crippen LogP contribution in [0, 0.1) is 5.82 Å². The lowest BCUT2D eigenvalue weighted by atomic mass is 10.1. The van der Waals surface area contributed by atoms with E-state index in [4.69, 9.17) is 0 Å². The van der Waals surface area contributed by atoms with Crippen molar-refractivity contribution in [1.29, 1.82) is 0 Å². The molecule has 128 valence electrons. The van der Waals surface area contributed by atoms with Crippen LogP contribution in [0.4, 0.5) is 4.39 Å². The summed E-state index contributed by atoms with van der Waals surface area (Å²) >= 11 is 0. The molecule has 3 rings (SSSR count). The zero-order valence-corrected chi connectivity index (χ0v) is 13.5. The van der Waals surface area contributed by atoms with Crippen LogP contribution >= 0.6 is 0 Å². The lowest BCUT2D eigenvalue weighted by molar-refractivity contribution is 0.104. The van der Waals surface area contributed by atoms with Crippen molar-refractivity contribution in [3.8, 4) is 0 Å². The Hall–Kier alpha value is -3.29. The number of hydrogen-bond acceptors (Lipinski definition) is 5. The molecule has 25 heavy (non-hydrogen) atoms. The summed E-state index contributed by atoms with van der Waals surface area (Å²) in [6.45, 7) is 2.23. The molecule has 0 saturated heterocycles. The minimum Gasteiger partial charge on any atom is -0.504 e. The van der Waals surface area contributed by atoms with Crippen molar-refractivity contribution in [3.05, 3.63) is 71.1 Å². The van der Waals surface area contributed by atoms with Crippen molar-refractivity contribution in [2.45, 2.75) is 19.9 Å². The van der Waals surface area contributed by atoms with Gasteiger partial charge in [0.15, 0.2) is 11.5 Å². The van der Waals surface area contributed by atoms with Gasteiger partial charge in [0.25, 0.3) is 0 Å². The highest BCUT2D eigenvalue weighted by molar-refractivity contribution is 6.08. The molecule has 3 aromatic rings. The van der Waals surface area contributed by atoms with Gasteiger partial charge in [-0.3, -0.25) is 4.79 Å². The third-order valence-corrected chi connectivity index (χ3v) is 3.76. The highest BCUT2D eigenvalue weighted by atomic mass is 19.1. The molecule has 2 aromatic heterocycles. The van der Waals surface area contributed by atoms with Crippen LogP contribution < -0.4 is 0 Å². The molecule has 7 nitrogen and oxygen atoms in total. The zero-order valence-electron chi connectivity index (χ0n) is 13.5. The lowest BCUT2D eigenvalue weighted by Crippen LogP contribution is -2.01. The summed E-state index contributed by atoms with van der Waals surface area (Å²) in [6, 6.07) is 6.49. The number of aromatic amines is 1. The average molecular weight is 341 g/mol. The van der Waals surface area contributed by atoms with E-state index in [-0.39, 0.29) is 23.2 Å². The largest absolute Gasteiger partial charge is 0.504 e. The molecule has 0 radical (unpaired) electrons. The van der Waals surface area contributed by atoms with Gasteiger partial charge in [0.05, 0.1) is 0 Å². The molecule has 1 aromatic carbocycles. The summed E-state index contributed by atoms with van der Waals surface area (Å²) in [4.78, 5) is 12.5. The number of carbonyl (C=O) groups is 1. The van der Waals surface area contributed by atoms with Crippen molar-refractivity contribution in [2.24, 2.45) is 0 Å². The summed E-state index contributed by atoms with van der Waals surface area (Å²) < 4.78 is 15.6. The van der Waals surface area contributed by atoms with E-state index in [2.05, 4.69) is 20.6 Å². The molecule has 0 unspecified atom stereocenters. The molecule has 0 spiro atoms. The van der Waals surface area contributed by atoms with Crippen LogP contribution in [0.25, 0.3) is 5.76 Å². The number of ketones is 1. The number of nitrogens with one attached hydrogen (secondary N) is 1. The van der Waals surface area contributed by atoms with Crippen molar-refractivity contribution in [2.75, 3.05) is 0 Å². The Kier molecular flexibility index (Phi) is 4.69. The number of carbonyl (C=O) groups excluding carboxylic acids is 1. The van der Waals surface area contributed by atoms with Gasteiger partial charge in [-0.2, -0.15) is 5.21 Å². The van der Waals surface area contributed by atoms with E-state index in [0.717, 1.165) is 11.6 Å². The van der Waals surface area contributed by atoms with Gasteiger partial charge in [-0.25, -0.2) is 4.39 Å². The molecule has 0 amide bonds. The summed E-state index contributed by atoms with van der Waals surface area (Å²) in [5.41, 5.74) is 1.77. The van der Waals surface area contributed by atoms with E-state index in [1.165, 1.54) is 6.07 Å². The molecular weight excluding hydrogens is 325 g/mol. The summed E-state index contributed by atoms with van der Waals surface area (Å²) in [6.07, 6.45) is 5.13. The van der Waals surface area contributed by atoms with Crippen LogP contribution in [0.15, 0.2) is 42.7 Å². The van der Waals surface area contributed by atoms with Crippen LogP contribution in [-0.4, -0.2) is 36.1 Å². The number of H-pyrrole nitrogens is 1. The third-order valence-electron chi connectivity index (χ3n) is 3.76. The molecule has 8 heteroatoms. The SMILES string of the molecule is CCc1cn(Cc2ccccc2F)cc1C(=O)C=C(O)c1nn[nH]n1. The molecular formula is C17H16FN5O2. The Bertz CT molecular complexity index is 915. The van der Waals surface area contributed by atoms with E-state index in [1.54, 1.807) is 35.2 Å².